The van der Waals surface area contributed by atoms with E-state index in [4.69, 9.17) is 0 Å². The number of hydrogen-bond donors (Lipinski definition) is 2. The normalized spacial score (nSPS) is 18.9. The molecule has 1 aliphatic rings. The van der Waals surface area contributed by atoms with E-state index in [9.17, 15) is 9.59 Å². The summed E-state index contributed by atoms with van der Waals surface area (Å²) in [4.78, 5) is 26.1. The van der Waals surface area contributed by atoms with E-state index in [1.165, 1.54) is 11.8 Å². The summed E-state index contributed by atoms with van der Waals surface area (Å²) in [5.74, 6) is -0.230. The third kappa shape index (κ3) is 4.05. The van der Waals surface area contributed by atoms with Crippen LogP contribution in [0.5, 0.6) is 0 Å². The van der Waals surface area contributed by atoms with Gasteiger partial charge >= 0.3 is 0 Å². The van der Waals surface area contributed by atoms with Crippen LogP contribution in [0.15, 0.2) is 36.7 Å². The number of aromatic nitrogens is 2. The van der Waals surface area contributed by atoms with Crippen molar-refractivity contribution in [1.29, 1.82) is 0 Å². The predicted octanol–water partition coefficient (Wildman–Crippen LogP) is 1.77. The first-order valence-electron chi connectivity index (χ1n) is 8.31. The average Bonchev–Trinajstić information content (AvgIpc) is 3.23. The van der Waals surface area contributed by atoms with Crippen molar-refractivity contribution in [2.45, 2.75) is 12.8 Å². The van der Waals surface area contributed by atoms with Crippen LogP contribution in [0.3, 0.4) is 0 Å². The molecule has 140 valence electrons. The lowest BCUT2D eigenvalue weighted by molar-refractivity contribution is -0.120. The summed E-state index contributed by atoms with van der Waals surface area (Å²) in [6.45, 7) is 2.87. The molecule has 1 aromatic carbocycles. The van der Waals surface area contributed by atoms with Crippen molar-refractivity contribution in [3.8, 4) is 0 Å². The van der Waals surface area contributed by atoms with Crippen molar-refractivity contribution in [2.75, 3.05) is 30.4 Å². The fourth-order valence-corrected chi connectivity index (χ4v) is 3.20. The molecule has 7 nitrogen and oxygen atoms in total. The molecule has 0 spiro atoms. The van der Waals surface area contributed by atoms with Crippen molar-refractivity contribution >= 4 is 35.6 Å². The molecule has 1 saturated heterocycles. The van der Waals surface area contributed by atoms with E-state index in [0.717, 1.165) is 12.1 Å². The highest BCUT2D eigenvalue weighted by Gasteiger charge is 2.35. The van der Waals surface area contributed by atoms with Crippen molar-refractivity contribution in [1.82, 2.24) is 15.1 Å². The fourth-order valence-electron chi connectivity index (χ4n) is 3.20. The second kappa shape index (κ2) is 8.33. The largest absolute Gasteiger partial charge is 0.324 e. The summed E-state index contributed by atoms with van der Waals surface area (Å²) in [6.07, 6.45) is 3.77. The van der Waals surface area contributed by atoms with Gasteiger partial charge in [0.2, 0.25) is 11.8 Å². The SMILES string of the molecule is CC(=O)N(C)c1ccccc1NC(=O)[C@H]1CNC[C@@H]1c1cnn(C)c1.Cl. The highest BCUT2D eigenvalue weighted by atomic mass is 35.5. The minimum Gasteiger partial charge on any atom is -0.324 e. The van der Waals surface area contributed by atoms with Gasteiger partial charge in [-0.05, 0) is 17.7 Å². The van der Waals surface area contributed by atoms with E-state index in [2.05, 4.69) is 15.7 Å². The molecule has 0 bridgehead atoms. The number of halogens is 1. The fraction of sp³-hybridized carbons (Fsp3) is 0.389. The lowest BCUT2D eigenvalue weighted by Crippen LogP contribution is -2.30. The number of nitrogens with one attached hydrogen (secondary N) is 2. The maximum Gasteiger partial charge on any atom is 0.229 e. The summed E-state index contributed by atoms with van der Waals surface area (Å²) in [5.41, 5.74) is 2.39. The number of aryl methyl sites for hydroxylation is 1. The zero-order valence-corrected chi connectivity index (χ0v) is 15.9. The molecule has 2 atom stereocenters. The second-order valence-electron chi connectivity index (χ2n) is 6.40. The monoisotopic (exact) mass is 377 g/mol. The molecule has 1 fully saturated rings. The molecule has 2 amide bonds. The summed E-state index contributed by atoms with van der Waals surface area (Å²) in [7, 11) is 3.57. The van der Waals surface area contributed by atoms with Gasteiger partial charge in [-0.1, -0.05) is 12.1 Å². The van der Waals surface area contributed by atoms with Crippen molar-refractivity contribution in [3.05, 3.63) is 42.2 Å². The minimum atomic E-state index is -0.181. The summed E-state index contributed by atoms with van der Waals surface area (Å²) in [6, 6.07) is 7.33. The van der Waals surface area contributed by atoms with E-state index >= 15 is 0 Å². The molecule has 8 heteroatoms. The predicted molar refractivity (Wildman–Crippen MR) is 104 cm³/mol. The Morgan fingerprint density at radius 2 is 2.04 bits per heavy atom. The molecule has 0 aliphatic carbocycles. The van der Waals surface area contributed by atoms with Gasteiger partial charge in [0.1, 0.15) is 0 Å². The Kier molecular flexibility index (Phi) is 6.39. The van der Waals surface area contributed by atoms with Gasteiger partial charge in [0.05, 0.1) is 23.5 Å². The van der Waals surface area contributed by atoms with Crippen LogP contribution in [0.25, 0.3) is 0 Å². The Hall–Kier alpha value is -2.38. The Morgan fingerprint density at radius 3 is 2.69 bits per heavy atom. The van der Waals surface area contributed by atoms with Crippen molar-refractivity contribution < 1.29 is 9.59 Å². The number of amides is 2. The van der Waals surface area contributed by atoms with E-state index in [-0.39, 0.29) is 36.1 Å². The zero-order valence-electron chi connectivity index (χ0n) is 15.1. The van der Waals surface area contributed by atoms with Gasteiger partial charge in [0.15, 0.2) is 0 Å². The average molecular weight is 378 g/mol. The molecule has 3 rings (SSSR count). The Balaban J connectivity index is 0.00000243. The van der Waals surface area contributed by atoms with Gasteiger partial charge in [0.25, 0.3) is 0 Å². The van der Waals surface area contributed by atoms with Crippen LogP contribution in [0.4, 0.5) is 11.4 Å². The Morgan fingerprint density at radius 1 is 1.31 bits per heavy atom. The third-order valence-corrected chi connectivity index (χ3v) is 4.70. The van der Waals surface area contributed by atoms with Crippen LogP contribution in [-0.4, -0.2) is 41.7 Å². The van der Waals surface area contributed by atoms with E-state index in [0.29, 0.717) is 17.9 Å². The molecule has 0 saturated carbocycles. The van der Waals surface area contributed by atoms with E-state index in [1.54, 1.807) is 11.7 Å². The molecular formula is C18H24ClN5O2. The number of para-hydroxylation sites is 2. The number of anilines is 2. The topological polar surface area (TPSA) is 79.3 Å². The Bertz CT molecular complexity index is 791. The van der Waals surface area contributed by atoms with Crippen LogP contribution < -0.4 is 15.5 Å². The highest BCUT2D eigenvalue weighted by molar-refractivity contribution is 6.01. The molecule has 0 radical (unpaired) electrons. The van der Waals surface area contributed by atoms with Crippen LogP contribution >= 0.6 is 12.4 Å². The number of rotatable bonds is 4. The van der Waals surface area contributed by atoms with E-state index < -0.39 is 0 Å². The summed E-state index contributed by atoms with van der Waals surface area (Å²) >= 11 is 0. The van der Waals surface area contributed by atoms with Gasteiger partial charge < -0.3 is 15.5 Å². The number of hydrogen-bond acceptors (Lipinski definition) is 4. The smallest absolute Gasteiger partial charge is 0.229 e. The lowest BCUT2D eigenvalue weighted by Gasteiger charge is -2.22. The molecule has 1 aliphatic heterocycles. The number of benzene rings is 1. The number of nitrogens with zero attached hydrogens (tertiary/aromatic N) is 3. The maximum atomic E-state index is 12.9. The Labute approximate surface area is 159 Å². The lowest BCUT2D eigenvalue weighted by atomic mass is 9.90. The number of carbonyl (C=O) groups is 2. The van der Waals surface area contributed by atoms with Gasteiger partial charge in [0, 0.05) is 46.2 Å². The molecule has 2 N–H and O–H groups in total. The van der Waals surface area contributed by atoms with Crippen molar-refractivity contribution in [2.24, 2.45) is 13.0 Å². The van der Waals surface area contributed by atoms with Gasteiger partial charge in [-0.25, -0.2) is 0 Å². The quantitative estimate of drug-likeness (QED) is 0.851. The van der Waals surface area contributed by atoms with E-state index in [1.807, 2.05) is 43.7 Å². The van der Waals surface area contributed by atoms with Crippen LogP contribution in [-0.2, 0) is 16.6 Å². The van der Waals surface area contributed by atoms with Crippen LogP contribution in [0.2, 0.25) is 0 Å². The first-order valence-corrected chi connectivity index (χ1v) is 8.31. The van der Waals surface area contributed by atoms with Crippen molar-refractivity contribution in [3.63, 3.8) is 0 Å². The highest BCUT2D eigenvalue weighted by Crippen LogP contribution is 2.31. The first kappa shape index (κ1) is 19.9. The molecule has 1 aromatic heterocycles. The minimum absolute atomic E-state index is 0. The van der Waals surface area contributed by atoms with Crippen LogP contribution in [0.1, 0.15) is 18.4 Å². The standard InChI is InChI=1S/C18H23N5O2.ClH/c1-12(24)23(3)17-7-5-4-6-16(17)21-18(25)15-10-19-9-14(15)13-8-20-22(2)11-13;/h4-8,11,14-15,19H,9-10H2,1-3H3,(H,21,25);1H/t14-,15+;/m1./s1. The molecule has 26 heavy (non-hydrogen) atoms. The third-order valence-electron chi connectivity index (χ3n) is 4.70. The van der Waals surface area contributed by atoms with Gasteiger partial charge in [-0.15, -0.1) is 12.4 Å². The second-order valence-corrected chi connectivity index (χ2v) is 6.40. The molecule has 2 heterocycles. The number of carbonyl (C=O) groups excluding carboxylic acids is 2. The first-order chi connectivity index (χ1) is 12.0. The van der Waals surface area contributed by atoms with Gasteiger partial charge in [-0.3, -0.25) is 14.3 Å². The van der Waals surface area contributed by atoms with Gasteiger partial charge in [-0.2, -0.15) is 5.10 Å². The maximum absolute atomic E-state index is 12.9. The summed E-state index contributed by atoms with van der Waals surface area (Å²) in [5, 5.41) is 10.5. The molecule has 2 aromatic rings. The summed E-state index contributed by atoms with van der Waals surface area (Å²) < 4.78 is 1.75. The zero-order chi connectivity index (χ0) is 18.0. The molecule has 0 unspecified atom stereocenters. The van der Waals surface area contributed by atoms with Crippen LogP contribution in [0, 0.1) is 5.92 Å². The molecular weight excluding hydrogens is 354 g/mol.